The van der Waals surface area contributed by atoms with Crippen molar-refractivity contribution in [3.8, 4) is 0 Å². The third-order valence-electron chi connectivity index (χ3n) is 3.67. The van der Waals surface area contributed by atoms with Crippen LogP contribution in [-0.4, -0.2) is 31.5 Å². The van der Waals surface area contributed by atoms with Gasteiger partial charge in [-0.15, -0.1) is 0 Å². The van der Waals surface area contributed by atoms with Gasteiger partial charge in [-0.2, -0.15) is 0 Å². The van der Waals surface area contributed by atoms with Crippen LogP contribution >= 0.6 is 0 Å². The second-order valence-corrected chi connectivity index (χ2v) is 5.00. The lowest BCUT2D eigenvalue weighted by Gasteiger charge is -2.31. The average Bonchev–Trinajstić information content (AvgIpc) is 2.40. The van der Waals surface area contributed by atoms with E-state index in [2.05, 4.69) is 10.3 Å². The molecule has 0 bridgehead atoms. The minimum Gasteiger partial charge on any atom is -0.354 e. The summed E-state index contributed by atoms with van der Waals surface area (Å²) >= 11 is 0. The first-order valence-electron chi connectivity index (χ1n) is 6.69. The fourth-order valence-corrected chi connectivity index (χ4v) is 2.77. The van der Waals surface area contributed by atoms with Crippen molar-refractivity contribution in [3.05, 3.63) is 33.7 Å². The molecule has 0 aromatic carbocycles. The number of ether oxygens (including phenoxy) is 2. The molecule has 1 aromatic rings. The van der Waals surface area contributed by atoms with E-state index < -0.39 is 0 Å². The summed E-state index contributed by atoms with van der Waals surface area (Å²) in [5.41, 5.74) is 2.21. The van der Waals surface area contributed by atoms with Crippen LogP contribution in [0.3, 0.4) is 0 Å². The number of methoxy groups -OCH3 is 2. The summed E-state index contributed by atoms with van der Waals surface area (Å²) in [4.78, 5) is 14.3. The molecule has 5 heteroatoms. The molecule has 0 saturated carbocycles. The van der Waals surface area contributed by atoms with E-state index in [0.29, 0.717) is 0 Å². The van der Waals surface area contributed by atoms with Gasteiger partial charge in [-0.05, 0) is 31.7 Å². The number of aromatic nitrogens is 1. The number of fused-ring (bicyclic) bond motifs is 1. The number of hydrogen-bond acceptors (Lipinski definition) is 4. The van der Waals surface area contributed by atoms with E-state index in [1.165, 1.54) is 5.56 Å². The highest BCUT2D eigenvalue weighted by Gasteiger charge is 2.25. The van der Waals surface area contributed by atoms with Crippen molar-refractivity contribution in [1.29, 1.82) is 0 Å². The second kappa shape index (κ2) is 6.32. The maximum absolute atomic E-state index is 11.4. The molecule has 0 spiro atoms. The first kappa shape index (κ1) is 14.2. The number of aromatic amines is 1. The second-order valence-electron chi connectivity index (χ2n) is 5.00. The lowest BCUT2D eigenvalue weighted by Crippen LogP contribution is -2.42. The van der Waals surface area contributed by atoms with Gasteiger partial charge in [-0.1, -0.05) is 6.07 Å². The van der Waals surface area contributed by atoms with E-state index in [-0.39, 0.29) is 23.9 Å². The van der Waals surface area contributed by atoms with Crippen molar-refractivity contribution < 1.29 is 9.47 Å². The van der Waals surface area contributed by atoms with Gasteiger partial charge in [-0.25, -0.2) is 0 Å². The number of nitrogens with one attached hydrogen (secondary N) is 2. The van der Waals surface area contributed by atoms with Crippen LogP contribution in [0.25, 0.3) is 0 Å². The van der Waals surface area contributed by atoms with Crippen molar-refractivity contribution >= 4 is 0 Å². The van der Waals surface area contributed by atoms with Crippen LogP contribution in [0.15, 0.2) is 16.9 Å². The fraction of sp³-hybridized carbons (Fsp3) is 0.643. The molecule has 2 rings (SSSR count). The summed E-state index contributed by atoms with van der Waals surface area (Å²) < 4.78 is 10.5. The molecule has 1 aliphatic carbocycles. The first-order chi connectivity index (χ1) is 9.15. The van der Waals surface area contributed by atoms with Gasteiger partial charge in [0, 0.05) is 32.0 Å². The Morgan fingerprint density at radius 2 is 2.11 bits per heavy atom. The number of H-pyrrole nitrogens is 1. The summed E-state index contributed by atoms with van der Waals surface area (Å²) in [6.07, 6.45) is 2.80. The normalized spacial score (nSPS) is 20.3. The lowest BCUT2D eigenvalue weighted by molar-refractivity contribution is -0.121. The fourth-order valence-electron chi connectivity index (χ4n) is 2.77. The highest BCUT2D eigenvalue weighted by atomic mass is 16.7. The molecule has 5 nitrogen and oxygen atoms in total. The van der Waals surface area contributed by atoms with Crippen LogP contribution in [-0.2, 0) is 15.9 Å². The Balaban J connectivity index is 2.13. The van der Waals surface area contributed by atoms with Gasteiger partial charge in [0.1, 0.15) is 0 Å². The Labute approximate surface area is 113 Å². The third-order valence-corrected chi connectivity index (χ3v) is 3.67. The van der Waals surface area contributed by atoms with Gasteiger partial charge in [0.05, 0.1) is 6.04 Å². The molecule has 2 N–H and O–H groups in total. The van der Waals surface area contributed by atoms with Gasteiger partial charge in [0.15, 0.2) is 6.29 Å². The largest absolute Gasteiger partial charge is 0.354 e. The van der Waals surface area contributed by atoms with Gasteiger partial charge in [0.25, 0.3) is 0 Å². The molecule has 0 radical (unpaired) electrons. The number of pyridine rings is 1. The summed E-state index contributed by atoms with van der Waals surface area (Å²) in [5, 5.41) is 3.52. The maximum atomic E-state index is 11.4. The van der Waals surface area contributed by atoms with Crippen LogP contribution in [0, 0.1) is 0 Å². The number of aryl methyl sites for hydroxylation is 1. The van der Waals surface area contributed by atoms with Gasteiger partial charge >= 0.3 is 0 Å². The maximum Gasteiger partial charge on any atom is 0.248 e. The van der Waals surface area contributed by atoms with E-state index in [4.69, 9.17) is 9.47 Å². The first-order valence-corrected chi connectivity index (χ1v) is 6.69. The van der Waals surface area contributed by atoms with Crippen molar-refractivity contribution in [2.75, 3.05) is 14.2 Å². The standard InChI is InChI=1S/C14H22N2O3/c1-9(14(18-2)19-3)15-11-5-4-6-12-10(11)7-8-13(17)16-12/h7-9,11,14-15H,4-6H2,1-3H3,(H,16,17). The van der Waals surface area contributed by atoms with Crippen LogP contribution in [0.2, 0.25) is 0 Å². The average molecular weight is 266 g/mol. The zero-order valence-electron chi connectivity index (χ0n) is 11.7. The Hall–Kier alpha value is -1.17. The number of hydrogen-bond donors (Lipinski definition) is 2. The van der Waals surface area contributed by atoms with Crippen molar-refractivity contribution in [3.63, 3.8) is 0 Å². The van der Waals surface area contributed by atoms with Crippen LogP contribution in [0.1, 0.15) is 37.1 Å². The zero-order valence-corrected chi connectivity index (χ0v) is 11.7. The Kier molecular flexibility index (Phi) is 4.74. The monoisotopic (exact) mass is 266 g/mol. The Morgan fingerprint density at radius 1 is 1.37 bits per heavy atom. The van der Waals surface area contributed by atoms with Crippen molar-refractivity contribution in [2.45, 2.75) is 44.6 Å². The highest BCUT2D eigenvalue weighted by Crippen LogP contribution is 2.28. The predicted molar refractivity (Wildman–Crippen MR) is 73.1 cm³/mol. The van der Waals surface area contributed by atoms with E-state index in [1.54, 1.807) is 20.3 Å². The molecule has 0 aliphatic heterocycles. The SMILES string of the molecule is COC(OC)C(C)NC1CCCc2[nH]c(=O)ccc21. The van der Waals surface area contributed by atoms with Gasteiger partial charge < -0.3 is 19.8 Å². The van der Waals surface area contributed by atoms with Crippen molar-refractivity contribution in [1.82, 2.24) is 10.3 Å². The van der Waals surface area contributed by atoms with E-state index in [9.17, 15) is 4.79 Å². The van der Waals surface area contributed by atoms with Crippen LogP contribution in [0.5, 0.6) is 0 Å². The van der Waals surface area contributed by atoms with E-state index in [1.807, 2.05) is 13.0 Å². The molecule has 19 heavy (non-hydrogen) atoms. The Morgan fingerprint density at radius 3 is 2.79 bits per heavy atom. The van der Waals surface area contributed by atoms with E-state index in [0.717, 1.165) is 25.0 Å². The molecule has 2 atom stereocenters. The minimum atomic E-state index is -0.270. The Bertz CT molecular complexity index is 468. The van der Waals surface area contributed by atoms with Crippen LogP contribution < -0.4 is 10.9 Å². The molecule has 2 unspecified atom stereocenters. The molecule has 0 fully saturated rings. The topological polar surface area (TPSA) is 63.4 Å². The van der Waals surface area contributed by atoms with Crippen molar-refractivity contribution in [2.24, 2.45) is 0 Å². The quantitative estimate of drug-likeness (QED) is 0.790. The summed E-state index contributed by atoms with van der Waals surface area (Å²) in [6, 6.07) is 3.83. The van der Waals surface area contributed by atoms with Crippen LogP contribution in [0.4, 0.5) is 0 Å². The highest BCUT2D eigenvalue weighted by molar-refractivity contribution is 5.26. The summed E-state index contributed by atoms with van der Waals surface area (Å²) in [7, 11) is 3.28. The molecule has 0 saturated heterocycles. The van der Waals surface area contributed by atoms with Gasteiger partial charge in [0.2, 0.25) is 5.56 Å². The molecule has 106 valence electrons. The van der Waals surface area contributed by atoms with E-state index >= 15 is 0 Å². The molecule has 1 aliphatic rings. The molecule has 1 aromatic heterocycles. The molecule has 0 amide bonds. The molecular formula is C14H22N2O3. The number of rotatable bonds is 5. The molecule has 1 heterocycles. The smallest absolute Gasteiger partial charge is 0.248 e. The predicted octanol–water partition coefficient (Wildman–Crippen LogP) is 1.35. The summed E-state index contributed by atoms with van der Waals surface area (Å²) in [5.74, 6) is 0. The third kappa shape index (κ3) is 3.23. The van der Waals surface area contributed by atoms with Gasteiger partial charge in [-0.3, -0.25) is 4.79 Å². The lowest BCUT2D eigenvalue weighted by atomic mass is 9.91. The summed E-state index contributed by atoms with van der Waals surface area (Å²) in [6.45, 7) is 2.04. The zero-order chi connectivity index (χ0) is 13.8. The molecular weight excluding hydrogens is 244 g/mol. The minimum absolute atomic E-state index is 0.0286.